The van der Waals surface area contributed by atoms with Gasteiger partial charge in [-0.25, -0.2) is 0 Å². The third-order valence-corrected chi connectivity index (χ3v) is 2.85. The maximum Gasteiger partial charge on any atom is 0.0726 e. The van der Waals surface area contributed by atoms with Crippen molar-refractivity contribution in [2.75, 3.05) is 0 Å². The molecule has 1 aromatic carbocycles. The Morgan fingerprint density at radius 3 is 2.75 bits per heavy atom. The van der Waals surface area contributed by atoms with Crippen LogP contribution in [0.1, 0.15) is 25.1 Å². The van der Waals surface area contributed by atoms with Crippen molar-refractivity contribution in [1.82, 2.24) is 9.78 Å². The third-order valence-electron chi connectivity index (χ3n) is 2.85. The molecule has 0 spiro atoms. The molecule has 0 aliphatic heterocycles. The molecule has 16 heavy (non-hydrogen) atoms. The number of nitrogens with zero attached hydrogens (tertiary/aromatic N) is 2. The van der Waals surface area contributed by atoms with Gasteiger partial charge in [0, 0.05) is 19.0 Å². The summed E-state index contributed by atoms with van der Waals surface area (Å²) in [5.41, 5.74) is 9.29. The number of hydrogen-bond acceptors (Lipinski definition) is 2. The normalized spacial score (nSPS) is 11.6. The second kappa shape index (κ2) is 4.26. The number of benzene rings is 1. The third kappa shape index (κ3) is 1.83. The van der Waals surface area contributed by atoms with Gasteiger partial charge >= 0.3 is 0 Å². The Morgan fingerprint density at radius 2 is 2.12 bits per heavy atom. The molecule has 0 unspecified atom stereocenters. The molecule has 0 aliphatic carbocycles. The van der Waals surface area contributed by atoms with Gasteiger partial charge in [-0.2, -0.15) is 5.10 Å². The lowest BCUT2D eigenvalue weighted by Crippen LogP contribution is -2.00. The number of nitrogens with two attached hydrogens (primary N) is 1. The van der Waals surface area contributed by atoms with Crippen LogP contribution < -0.4 is 5.73 Å². The van der Waals surface area contributed by atoms with E-state index >= 15 is 0 Å². The summed E-state index contributed by atoms with van der Waals surface area (Å²) in [6.07, 6.45) is 1.02. The molecule has 0 aliphatic rings. The SMILES string of the molecule is CC(C)Cc1nn(C)c2c(CN)cccc12. The molecule has 3 nitrogen and oxygen atoms in total. The van der Waals surface area contributed by atoms with Crippen LogP contribution in [0, 0.1) is 5.92 Å². The lowest BCUT2D eigenvalue weighted by molar-refractivity contribution is 0.624. The van der Waals surface area contributed by atoms with Crippen LogP contribution in [0.5, 0.6) is 0 Å². The topological polar surface area (TPSA) is 43.8 Å². The van der Waals surface area contributed by atoms with Crippen molar-refractivity contribution in [2.45, 2.75) is 26.8 Å². The van der Waals surface area contributed by atoms with E-state index in [1.54, 1.807) is 0 Å². The van der Waals surface area contributed by atoms with Crippen molar-refractivity contribution >= 4 is 10.9 Å². The molecule has 0 atom stereocenters. The molecule has 2 rings (SSSR count). The van der Waals surface area contributed by atoms with Gasteiger partial charge in [-0.3, -0.25) is 4.68 Å². The fourth-order valence-electron chi connectivity index (χ4n) is 2.19. The van der Waals surface area contributed by atoms with Crippen molar-refractivity contribution in [3.05, 3.63) is 29.5 Å². The lowest BCUT2D eigenvalue weighted by atomic mass is 10.0. The zero-order chi connectivity index (χ0) is 11.7. The average molecular weight is 217 g/mol. The predicted molar refractivity (Wildman–Crippen MR) is 67.1 cm³/mol. The Bertz CT molecular complexity index is 497. The summed E-state index contributed by atoms with van der Waals surface area (Å²) < 4.78 is 1.95. The van der Waals surface area contributed by atoms with Crippen molar-refractivity contribution in [3.63, 3.8) is 0 Å². The Morgan fingerprint density at radius 1 is 1.38 bits per heavy atom. The summed E-state index contributed by atoms with van der Waals surface area (Å²) in [5.74, 6) is 0.625. The van der Waals surface area contributed by atoms with Gasteiger partial charge in [0.05, 0.1) is 11.2 Å². The summed E-state index contributed by atoms with van der Waals surface area (Å²) in [4.78, 5) is 0. The number of rotatable bonds is 3. The molecule has 0 fully saturated rings. The maximum atomic E-state index is 5.75. The van der Waals surface area contributed by atoms with Gasteiger partial charge in [0.2, 0.25) is 0 Å². The highest BCUT2D eigenvalue weighted by Gasteiger charge is 2.11. The van der Waals surface area contributed by atoms with E-state index in [2.05, 4.69) is 37.1 Å². The number of para-hydroxylation sites is 1. The molecule has 2 N–H and O–H groups in total. The molecule has 1 aromatic heterocycles. The van der Waals surface area contributed by atoms with Crippen LogP contribution in [0.15, 0.2) is 18.2 Å². The summed E-state index contributed by atoms with van der Waals surface area (Å²) >= 11 is 0. The molecule has 0 radical (unpaired) electrons. The summed E-state index contributed by atoms with van der Waals surface area (Å²) in [5, 5.41) is 5.85. The van der Waals surface area contributed by atoms with E-state index in [1.807, 2.05) is 11.7 Å². The highest BCUT2D eigenvalue weighted by atomic mass is 15.3. The van der Waals surface area contributed by atoms with Crippen LogP contribution in [0.4, 0.5) is 0 Å². The standard InChI is InChI=1S/C13H19N3/c1-9(2)7-12-11-6-4-5-10(8-14)13(11)16(3)15-12/h4-6,9H,7-8,14H2,1-3H3. The molecular weight excluding hydrogens is 198 g/mol. The first-order valence-electron chi connectivity index (χ1n) is 5.77. The van der Waals surface area contributed by atoms with Gasteiger partial charge in [-0.1, -0.05) is 32.0 Å². The van der Waals surface area contributed by atoms with Crippen molar-refractivity contribution in [1.29, 1.82) is 0 Å². The maximum absolute atomic E-state index is 5.75. The minimum absolute atomic E-state index is 0.567. The number of hydrogen-bond donors (Lipinski definition) is 1. The second-order valence-electron chi connectivity index (χ2n) is 4.69. The fourth-order valence-corrected chi connectivity index (χ4v) is 2.19. The Hall–Kier alpha value is -1.35. The van der Waals surface area contributed by atoms with Gasteiger partial charge in [-0.05, 0) is 17.9 Å². The Balaban J connectivity index is 2.62. The fraction of sp³-hybridized carbons (Fsp3) is 0.462. The van der Waals surface area contributed by atoms with E-state index in [-0.39, 0.29) is 0 Å². The van der Waals surface area contributed by atoms with E-state index in [9.17, 15) is 0 Å². The van der Waals surface area contributed by atoms with Crippen molar-refractivity contribution in [2.24, 2.45) is 18.7 Å². The first-order chi connectivity index (χ1) is 7.63. The van der Waals surface area contributed by atoms with E-state index in [4.69, 9.17) is 5.73 Å². The van der Waals surface area contributed by atoms with Crippen LogP contribution in [0.3, 0.4) is 0 Å². The minimum Gasteiger partial charge on any atom is -0.326 e. The van der Waals surface area contributed by atoms with Gasteiger partial charge in [0.1, 0.15) is 0 Å². The minimum atomic E-state index is 0.567. The van der Waals surface area contributed by atoms with E-state index in [1.165, 1.54) is 22.2 Å². The first-order valence-corrected chi connectivity index (χ1v) is 5.77. The van der Waals surface area contributed by atoms with E-state index in [0.717, 1.165) is 6.42 Å². The van der Waals surface area contributed by atoms with Crippen LogP contribution >= 0.6 is 0 Å². The quantitative estimate of drug-likeness (QED) is 0.856. The van der Waals surface area contributed by atoms with Crippen molar-refractivity contribution < 1.29 is 0 Å². The van der Waals surface area contributed by atoms with Gasteiger partial charge < -0.3 is 5.73 Å². The first kappa shape index (κ1) is 11.1. The molecule has 3 heteroatoms. The highest BCUT2D eigenvalue weighted by Crippen LogP contribution is 2.23. The molecule has 2 aromatic rings. The van der Waals surface area contributed by atoms with Gasteiger partial charge in [0.15, 0.2) is 0 Å². The summed E-state index contributed by atoms with van der Waals surface area (Å²) in [6, 6.07) is 6.28. The smallest absolute Gasteiger partial charge is 0.0726 e. The second-order valence-corrected chi connectivity index (χ2v) is 4.69. The number of fused-ring (bicyclic) bond motifs is 1. The Labute approximate surface area is 96.2 Å². The van der Waals surface area contributed by atoms with Gasteiger partial charge in [-0.15, -0.1) is 0 Å². The lowest BCUT2D eigenvalue weighted by Gasteiger charge is -2.02. The molecular formula is C13H19N3. The number of aromatic nitrogens is 2. The zero-order valence-electron chi connectivity index (χ0n) is 10.2. The zero-order valence-corrected chi connectivity index (χ0v) is 10.2. The predicted octanol–water partition coefficient (Wildman–Crippen LogP) is 2.23. The van der Waals surface area contributed by atoms with Crippen LogP contribution in [0.2, 0.25) is 0 Å². The molecule has 1 heterocycles. The van der Waals surface area contributed by atoms with Crippen LogP contribution in [-0.2, 0) is 20.0 Å². The Kier molecular flexibility index (Phi) is 2.97. The van der Waals surface area contributed by atoms with Crippen molar-refractivity contribution in [3.8, 4) is 0 Å². The monoisotopic (exact) mass is 217 g/mol. The summed E-state index contributed by atoms with van der Waals surface area (Å²) in [7, 11) is 1.99. The average Bonchev–Trinajstić information content (AvgIpc) is 2.55. The number of aryl methyl sites for hydroxylation is 1. The molecule has 0 saturated carbocycles. The van der Waals surface area contributed by atoms with E-state index in [0.29, 0.717) is 12.5 Å². The largest absolute Gasteiger partial charge is 0.326 e. The van der Waals surface area contributed by atoms with Gasteiger partial charge in [0.25, 0.3) is 0 Å². The molecule has 0 bridgehead atoms. The molecule has 0 amide bonds. The van der Waals surface area contributed by atoms with E-state index < -0.39 is 0 Å². The highest BCUT2D eigenvalue weighted by molar-refractivity contribution is 5.85. The van der Waals surface area contributed by atoms with Crippen LogP contribution in [0.25, 0.3) is 10.9 Å². The molecule has 86 valence electrons. The molecule has 0 saturated heterocycles. The van der Waals surface area contributed by atoms with Crippen LogP contribution in [-0.4, -0.2) is 9.78 Å². The summed E-state index contributed by atoms with van der Waals surface area (Å²) in [6.45, 7) is 5.00.